The lowest BCUT2D eigenvalue weighted by atomic mass is 10.1. The Morgan fingerprint density at radius 2 is 2.08 bits per heavy atom. The number of pyridine rings is 1. The molecule has 0 radical (unpaired) electrons. The van der Waals surface area contributed by atoms with Gasteiger partial charge >= 0.3 is 5.97 Å². The van der Waals surface area contributed by atoms with Gasteiger partial charge in [-0.1, -0.05) is 13.3 Å². The monoisotopic (exact) mass is 338 g/mol. The lowest BCUT2D eigenvalue weighted by Crippen LogP contribution is -2.22. The van der Waals surface area contributed by atoms with Gasteiger partial charge in [0.2, 0.25) is 0 Å². The number of carboxylic acids is 1. The van der Waals surface area contributed by atoms with Gasteiger partial charge in [0, 0.05) is 11.8 Å². The van der Waals surface area contributed by atoms with Crippen LogP contribution >= 0.6 is 0 Å². The molecule has 3 rings (SSSR count). The van der Waals surface area contributed by atoms with Gasteiger partial charge in [0.15, 0.2) is 0 Å². The number of aromatic nitrogens is 2. The van der Waals surface area contributed by atoms with Gasteiger partial charge in [-0.25, -0.2) is 9.78 Å². The molecule has 0 saturated heterocycles. The van der Waals surface area contributed by atoms with E-state index in [4.69, 9.17) is 9.52 Å². The number of aromatic carboxylic acids is 1. The maximum absolute atomic E-state index is 12.8. The Bertz CT molecular complexity index is 1030. The van der Waals surface area contributed by atoms with Gasteiger partial charge in [0.25, 0.3) is 5.56 Å². The first kappa shape index (κ1) is 16.7. The van der Waals surface area contributed by atoms with Crippen molar-refractivity contribution in [3.8, 4) is 0 Å². The Labute approximate surface area is 144 Å². The van der Waals surface area contributed by atoms with Crippen LogP contribution in [0.2, 0.25) is 0 Å². The van der Waals surface area contributed by atoms with Crippen LogP contribution in [0.4, 0.5) is 0 Å². The van der Waals surface area contributed by atoms with Gasteiger partial charge in [-0.15, -0.1) is 0 Å². The molecule has 0 atom stereocenters. The quantitative estimate of drug-likeness (QED) is 0.770. The fourth-order valence-electron chi connectivity index (χ4n) is 2.65. The van der Waals surface area contributed by atoms with Crippen molar-refractivity contribution in [2.75, 3.05) is 0 Å². The summed E-state index contributed by atoms with van der Waals surface area (Å²) in [5.74, 6) is 0.410. The Morgan fingerprint density at radius 1 is 1.28 bits per heavy atom. The lowest BCUT2D eigenvalue weighted by Gasteiger charge is -2.08. The fourth-order valence-corrected chi connectivity index (χ4v) is 2.65. The van der Waals surface area contributed by atoms with Crippen molar-refractivity contribution in [3.63, 3.8) is 0 Å². The first-order chi connectivity index (χ1) is 12.0. The van der Waals surface area contributed by atoms with Gasteiger partial charge in [0.1, 0.15) is 17.2 Å². The van der Waals surface area contributed by atoms with Gasteiger partial charge < -0.3 is 9.52 Å². The van der Waals surface area contributed by atoms with Crippen molar-refractivity contribution >= 4 is 23.8 Å². The second kappa shape index (κ2) is 6.76. The van der Waals surface area contributed by atoms with Crippen molar-refractivity contribution in [1.29, 1.82) is 0 Å². The van der Waals surface area contributed by atoms with Gasteiger partial charge in [-0.3, -0.25) is 9.20 Å². The van der Waals surface area contributed by atoms with E-state index in [2.05, 4.69) is 4.98 Å². The highest BCUT2D eigenvalue weighted by Gasteiger charge is 2.12. The Hall–Kier alpha value is -3.15. The van der Waals surface area contributed by atoms with Crippen molar-refractivity contribution < 1.29 is 14.3 Å². The number of nitrogens with zero attached hydrogens (tertiary/aromatic N) is 2. The van der Waals surface area contributed by atoms with Crippen molar-refractivity contribution in [2.24, 2.45) is 0 Å². The highest BCUT2D eigenvalue weighted by Crippen LogP contribution is 2.14. The first-order valence-electron chi connectivity index (χ1n) is 8.02. The molecule has 3 aromatic rings. The molecule has 3 aromatic heterocycles. The van der Waals surface area contributed by atoms with Crippen molar-refractivity contribution in [3.05, 3.63) is 69.2 Å². The average Bonchev–Trinajstić information content (AvgIpc) is 3.01. The van der Waals surface area contributed by atoms with E-state index in [1.165, 1.54) is 22.7 Å². The average molecular weight is 338 g/mol. The largest absolute Gasteiger partial charge is 0.478 e. The summed E-state index contributed by atoms with van der Waals surface area (Å²) in [6, 6.07) is 6.68. The summed E-state index contributed by atoms with van der Waals surface area (Å²) in [5.41, 5.74) is 1.34. The van der Waals surface area contributed by atoms with Crippen LogP contribution in [0, 0.1) is 6.92 Å². The minimum atomic E-state index is -1.08. The van der Waals surface area contributed by atoms with E-state index in [1.807, 2.05) is 26.0 Å². The van der Waals surface area contributed by atoms with E-state index in [-0.39, 0.29) is 11.1 Å². The summed E-state index contributed by atoms with van der Waals surface area (Å²) in [4.78, 5) is 28.5. The predicted molar refractivity (Wildman–Crippen MR) is 94.8 cm³/mol. The zero-order valence-corrected chi connectivity index (χ0v) is 14.0. The fraction of sp³-hybridized carbons (Fsp3) is 0.211. The number of aryl methyl sites for hydroxylation is 1. The van der Waals surface area contributed by atoms with Crippen molar-refractivity contribution in [2.45, 2.75) is 26.7 Å². The Balaban J connectivity index is 2.15. The third-order valence-electron chi connectivity index (χ3n) is 3.86. The van der Waals surface area contributed by atoms with Crippen LogP contribution < -0.4 is 5.56 Å². The van der Waals surface area contributed by atoms with Crippen LogP contribution in [0.25, 0.3) is 17.8 Å². The number of furan rings is 1. The van der Waals surface area contributed by atoms with Gasteiger partial charge in [0.05, 0.1) is 11.3 Å². The minimum Gasteiger partial charge on any atom is -0.478 e. The topological polar surface area (TPSA) is 84.8 Å². The van der Waals surface area contributed by atoms with Crippen LogP contribution in [-0.4, -0.2) is 20.5 Å². The minimum absolute atomic E-state index is 0.0493. The van der Waals surface area contributed by atoms with Crippen LogP contribution in [0.1, 0.15) is 46.5 Å². The molecule has 0 fully saturated rings. The molecular weight excluding hydrogens is 320 g/mol. The summed E-state index contributed by atoms with van der Waals surface area (Å²) >= 11 is 0. The highest BCUT2D eigenvalue weighted by atomic mass is 16.4. The molecule has 3 heterocycles. The normalized spacial score (nSPS) is 11.4. The zero-order valence-electron chi connectivity index (χ0n) is 14.0. The van der Waals surface area contributed by atoms with Crippen LogP contribution in [-0.2, 0) is 6.42 Å². The predicted octanol–water partition coefficient (Wildman–Crippen LogP) is 3.42. The van der Waals surface area contributed by atoms with Crippen LogP contribution in [0.5, 0.6) is 0 Å². The second-order valence-corrected chi connectivity index (χ2v) is 5.76. The number of carboxylic acid groups (broad SMARTS) is 1. The standard InChI is InChI=1S/C19H18N2O4/c1-3-4-15-16(9-8-14-7-5-12(2)25-14)20-17-10-6-13(19(23)24)11-21(17)18(15)22/h5-11H,3-4H2,1-2H3,(H,23,24)/b9-8+. The van der Waals surface area contributed by atoms with E-state index in [9.17, 15) is 9.59 Å². The summed E-state index contributed by atoms with van der Waals surface area (Å²) in [6.07, 6.45) is 6.19. The smallest absolute Gasteiger partial charge is 0.337 e. The molecule has 128 valence electrons. The van der Waals surface area contributed by atoms with Crippen molar-refractivity contribution in [1.82, 2.24) is 9.38 Å². The summed E-state index contributed by atoms with van der Waals surface area (Å²) in [5, 5.41) is 9.12. The summed E-state index contributed by atoms with van der Waals surface area (Å²) < 4.78 is 6.80. The highest BCUT2D eigenvalue weighted by molar-refractivity contribution is 5.87. The first-order valence-corrected chi connectivity index (χ1v) is 8.02. The number of rotatable bonds is 5. The number of hydrogen-bond donors (Lipinski definition) is 1. The molecule has 6 nitrogen and oxygen atoms in total. The lowest BCUT2D eigenvalue weighted by molar-refractivity contribution is 0.0696. The molecule has 1 N–H and O–H groups in total. The molecule has 0 aromatic carbocycles. The third kappa shape index (κ3) is 3.38. The van der Waals surface area contributed by atoms with E-state index in [1.54, 1.807) is 12.2 Å². The molecular formula is C19H18N2O4. The zero-order chi connectivity index (χ0) is 18.0. The molecule has 0 saturated carbocycles. The van der Waals surface area contributed by atoms with Crippen LogP contribution in [0.15, 0.2) is 39.7 Å². The Kier molecular flexibility index (Phi) is 4.52. The van der Waals surface area contributed by atoms with E-state index >= 15 is 0 Å². The number of hydrogen-bond acceptors (Lipinski definition) is 4. The molecule has 6 heteroatoms. The maximum atomic E-state index is 12.8. The molecule has 0 aliphatic rings. The Morgan fingerprint density at radius 3 is 2.72 bits per heavy atom. The van der Waals surface area contributed by atoms with E-state index in [0.717, 1.165) is 12.2 Å². The number of fused-ring (bicyclic) bond motifs is 1. The molecule has 0 aliphatic heterocycles. The molecule has 0 bridgehead atoms. The molecule has 0 unspecified atom stereocenters. The second-order valence-electron chi connectivity index (χ2n) is 5.76. The van der Waals surface area contributed by atoms with E-state index in [0.29, 0.717) is 29.1 Å². The summed E-state index contributed by atoms with van der Waals surface area (Å²) in [6.45, 7) is 3.84. The number of carbonyl (C=O) groups is 1. The maximum Gasteiger partial charge on any atom is 0.337 e. The van der Waals surface area contributed by atoms with Gasteiger partial charge in [-0.05, 0) is 49.8 Å². The van der Waals surface area contributed by atoms with E-state index < -0.39 is 5.97 Å². The molecule has 0 aliphatic carbocycles. The van der Waals surface area contributed by atoms with Gasteiger partial charge in [-0.2, -0.15) is 0 Å². The van der Waals surface area contributed by atoms with Crippen LogP contribution in [0.3, 0.4) is 0 Å². The summed E-state index contributed by atoms with van der Waals surface area (Å²) in [7, 11) is 0. The SMILES string of the molecule is CCCc1c(/C=C/c2ccc(C)o2)nc2ccc(C(=O)O)cn2c1=O. The molecule has 25 heavy (non-hydrogen) atoms. The molecule has 0 spiro atoms. The molecule has 0 amide bonds. The third-order valence-corrected chi connectivity index (χ3v) is 3.86.